The van der Waals surface area contributed by atoms with Crippen molar-refractivity contribution >= 4 is 40.5 Å². The molecule has 0 spiro atoms. The Morgan fingerprint density at radius 3 is 2.63 bits per heavy atom. The molecule has 6 heteroatoms. The second-order valence-electron chi connectivity index (χ2n) is 3.59. The van der Waals surface area contributed by atoms with Crippen LogP contribution in [0.15, 0.2) is 35.7 Å². The van der Waals surface area contributed by atoms with Crippen LogP contribution in [0.4, 0.5) is 5.69 Å². The third-order valence-electron chi connectivity index (χ3n) is 2.40. The number of carbonyl (C=O) groups is 2. The van der Waals surface area contributed by atoms with E-state index >= 15 is 0 Å². The van der Waals surface area contributed by atoms with E-state index in [2.05, 4.69) is 10.1 Å². The van der Waals surface area contributed by atoms with Crippen LogP contribution in [-0.4, -0.2) is 19.0 Å². The maximum absolute atomic E-state index is 12.0. The number of hydrogen-bond acceptors (Lipinski definition) is 4. The zero-order chi connectivity index (χ0) is 13.8. The Bertz CT molecular complexity index is 624. The van der Waals surface area contributed by atoms with E-state index in [9.17, 15) is 9.59 Å². The molecule has 0 saturated heterocycles. The van der Waals surface area contributed by atoms with Crippen molar-refractivity contribution in [2.24, 2.45) is 0 Å². The van der Waals surface area contributed by atoms with Crippen LogP contribution in [-0.2, 0) is 4.74 Å². The van der Waals surface area contributed by atoms with E-state index in [0.717, 1.165) is 0 Å². The van der Waals surface area contributed by atoms with Crippen molar-refractivity contribution in [3.05, 3.63) is 51.2 Å². The highest BCUT2D eigenvalue weighted by Crippen LogP contribution is 2.24. The summed E-state index contributed by atoms with van der Waals surface area (Å²) in [6.07, 6.45) is 0. The van der Waals surface area contributed by atoms with Crippen molar-refractivity contribution in [1.82, 2.24) is 0 Å². The van der Waals surface area contributed by atoms with Crippen LogP contribution in [0.25, 0.3) is 0 Å². The van der Waals surface area contributed by atoms with Gasteiger partial charge in [-0.05, 0) is 23.6 Å². The highest BCUT2D eigenvalue weighted by atomic mass is 35.5. The molecule has 0 bridgehead atoms. The van der Waals surface area contributed by atoms with Crippen LogP contribution < -0.4 is 5.32 Å². The lowest BCUT2D eigenvalue weighted by Crippen LogP contribution is -2.14. The summed E-state index contributed by atoms with van der Waals surface area (Å²) in [5.41, 5.74) is 0.690. The van der Waals surface area contributed by atoms with Gasteiger partial charge in [-0.3, -0.25) is 4.79 Å². The van der Waals surface area contributed by atoms with Gasteiger partial charge < -0.3 is 10.1 Å². The van der Waals surface area contributed by atoms with Crippen molar-refractivity contribution in [2.45, 2.75) is 0 Å². The summed E-state index contributed by atoms with van der Waals surface area (Å²) in [4.78, 5) is 24.0. The maximum Gasteiger partial charge on any atom is 0.339 e. The third-order valence-corrected chi connectivity index (χ3v) is 3.74. The van der Waals surface area contributed by atoms with Gasteiger partial charge in [-0.15, -0.1) is 11.3 Å². The summed E-state index contributed by atoms with van der Waals surface area (Å²) in [5, 5.41) is 4.77. The van der Waals surface area contributed by atoms with Gasteiger partial charge in [0.15, 0.2) is 0 Å². The summed E-state index contributed by atoms with van der Waals surface area (Å²) < 4.78 is 4.66. The SMILES string of the molecule is COC(=O)c1ccccc1NC(=O)c1sccc1Cl. The van der Waals surface area contributed by atoms with E-state index in [1.54, 1.807) is 35.7 Å². The molecular formula is C13H10ClNO3S. The van der Waals surface area contributed by atoms with E-state index in [1.165, 1.54) is 18.4 Å². The normalized spacial score (nSPS) is 10.0. The number of anilines is 1. The first-order valence-electron chi connectivity index (χ1n) is 5.35. The molecule has 0 radical (unpaired) electrons. The van der Waals surface area contributed by atoms with Crippen LogP contribution in [0, 0.1) is 0 Å². The Balaban J connectivity index is 2.27. The zero-order valence-electron chi connectivity index (χ0n) is 9.98. The Kier molecular flexibility index (Phi) is 4.19. The minimum atomic E-state index is -0.506. The molecular weight excluding hydrogens is 286 g/mol. The molecule has 1 N–H and O–H groups in total. The molecule has 0 aliphatic heterocycles. The largest absolute Gasteiger partial charge is 0.465 e. The minimum absolute atomic E-state index is 0.297. The molecule has 1 aromatic carbocycles. The van der Waals surface area contributed by atoms with E-state index in [1.807, 2.05) is 0 Å². The number of carbonyl (C=O) groups excluding carboxylic acids is 2. The summed E-state index contributed by atoms with van der Waals surface area (Å²) in [6.45, 7) is 0. The van der Waals surface area contributed by atoms with Gasteiger partial charge in [0.25, 0.3) is 5.91 Å². The molecule has 0 unspecified atom stereocenters. The van der Waals surface area contributed by atoms with E-state index in [-0.39, 0.29) is 5.91 Å². The first-order chi connectivity index (χ1) is 9.13. The lowest BCUT2D eigenvalue weighted by Gasteiger charge is -2.08. The number of para-hydroxylation sites is 1. The molecule has 1 heterocycles. The molecule has 2 rings (SSSR count). The molecule has 98 valence electrons. The molecule has 4 nitrogen and oxygen atoms in total. The molecule has 1 aromatic heterocycles. The highest BCUT2D eigenvalue weighted by Gasteiger charge is 2.16. The van der Waals surface area contributed by atoms with Gasteiger partial charge in [0.05, 0.1) is 23.4 Å². The molecule has 0 aliphatic rings. The van der Waals surface area contributed by atoms with Crippen molar-refractivity contribution in [2.75, 3.05) is 12.4 Å². The van der Waals surface area contributed by atoms with Crippen molar-refractivity contribution in [3.63, 3.8) is 0 Å². The molecule has 0 aliphatic carbocycles. The highest BCUT2D eigenvalue weighted by molar-refractivity contribution is 7.12. The average Bonchev–Trinajstić information content (AvgIpc) is 2.85. The van der Waals surface area contributed by atoms with Gasteiger partial charge in [0, 0.05) is 0 Å². The number of hydrogen-bond donors (Lipinski definition) is 1. The molecule has 0 fully saturated rings. The smallest absolute Gasteiger partial charge is 0.339 e. The number of methoxy groups -OCH3 is 1. The van der Waals surface area contributed by atoms with E-state index in [0.29, 0.717) is 21.2 Å². The van der Waals surface area contributed by atoms with Crippen molar-refractivity contribution in [3.8, 4) is 0 Å². The molecule has 0 atom stereocenters. The fourth-order valence-corrected chi connectivity index (χ4v) is 2.55. The number of esters is 1. The molecule has 2 aromatic rings. The Labute approximate surface area is 119 Å². The third kappa shape index (κ3) is 2.94. The van der Waals surface area contributed by atoms with Gasteiger partial charge in [0.2, 0.25) is 0 Å². The number of ether oxygens (including phenoxy) is 1. The maximum atomic E-state index is 12.0. The Morgan fingerprint density at radius 1 is 1.26 bits per heavy atom. The first-order valence-corrected chi connectivity index (χ1v) is 6.61. The van der Waals surface area contributed by atoms with Crippen LogP contribution >= 0.6 is 22.9 Å². The fourth-order valence-electron chi connectivity index (χ4n) is 1.51. The fraction of sp³-hybridized carbons (Fsp3) is 0.0769. The summed E-state index contributed by atoms with van der Waals surface area (Å²) in [6, 6.07) is 8.27. The summed E-state index contributed by atoms with van der Waals surface area (Å²) in [7, 11) is 1.29. The van der Waals surface area contributed by atoms with Crippen LogP contribution in [0.3, 0.4) is 0 Å². The summed E-state index contributed by atoms with van der Waals surface area (Å²) in [5.74, 6) is -0.857. The van der Waals surface area contributed by atoms with Crippen LogP contribution in [0.1, 0.15) is 20.0 Å². The number of nitrogens with one attached hydrogen (secondary N) is 1. The Hall–Kier alpha value is -1.85. The number of amides is 1. The molecule has 0 saturated carbocycles. The van der Waals surface area contributed by atoms with Crippen LogP contribution in [0.2, 0.25) is 5.02 Å². The average molecular weight is 296 g/mol. The quantitative estimate of drug-likeness (QED) is 0.883. The monoisotopic (exact) mass is 295 g/mol. The summed E-state index contributed by atoms with van der Waals surface area (Å²) >= 11 is 7.13. The predicted octanol–water partition coefficient (Wildman–Crippen LogP) is 3.44. The lowest BCUT2D eigenvalue weighted by atomic mass is 10.2. The van der Waals surface area contributed by atoms with E-state index < -0.39 is 5.97 Å². The first kappa shape index (κ1) is 13.6. The lowest BCUT2D eigenvalue weighted by molar-refractivity contribution is 0.0602. The van der Waals surface area contributed by atoms with E-state index in [4.69, 9.17) is 11.6 Å². The van der Waals surface area contributed by atoms with Gasteiger partial charge in [-0.25, -0.2) is 4.79 Å². The minimum Gasteiger partial charge on any atom is -0.465 e. The van der Waals surface area contributed by atoms with Gasteiger partial charge in [-0.2, -0.15) is 0 Å². The van der Waals surface area contributed by atoms with Crippen molar-refractivity contribution in [1.29, 1.82) is 0 Å². The zero-order valence-corrected chi connectivity index (χ0v) is 11.5. The standard InChI is InChI=1S/C13H10ClNO3S/c1-18-13(17)8-4-2-3-5-10(8)15-12(16)11-9(14)6-7-19-11/h2-7H,1H3,(H,15,16). The number of halogens is 1. The van der Waals surface area contributed by atoms with Gasteiger partial charge >= 0.3 is 5.97 Å². The second-order valence-corrected chi connectivity index (χ2v) is 4.91. The number of rotatable bonds is 3. The Morgan fingerprint density at radius 2 is 2.00 bits per heavy atom. The van der Waals surface area contributed by atoms with Gasteiger partial charge in [0.1, 0.15) is 4.88 Å². The molecule has 19 heavy (non-hydrogen) atoms. The predicted molar refractivity (Wildman–Crippen MR) is 75.1 cm³/mol. The van der Waals surface area contributed by atoms with Crippen molar-refractivity contribution < 1.29 is 14.3 Å². The molecule has 1 amide bonds. The topological polar surface area (TPSA) is 55.4 Å². The second kappa shape index (κ2) is 5.86. The van der Waals surface area contributed by atoms with Crippen LogP contribution in [0.5, 0.6) is 0 Å². The van der Waals surface area contributed by atoms with Gasteiger partial charge in [-0.1, -0.05) is 23.7 Å². The number of benzene rings is 1. The number of thiophene rings is 1.